The van der Waals surface area contributed by atoms with E-state index in [0.717, 1.165) is 37.9 Å². The lowest BCUT2D eigenvalue weighted by atomic mass is 9.45. The molecule has 0 bridgehead atoms. The molecule has 3 aliphatic carbocycles. The zero-order valence-electron chi connectivity index (χ0n) is 25.9. The minimum absolute atomic E-state index is 0.0482. The maximum atomic E-state index is 17.5. The fraction of sp³-hybridized carbons (Fsp3) is 0.676. The molecule has 0 spiro atoms. The van der Waals surface area contributed by atoms with Gasteiger partial charge in [-0.25, -0.2) is 8.78 Å². The molecular weight excluding hydrogens is 537 g/mol. The number of hydrogen-bond donors (Lipinski definition) is 0. The van der Waals surface area contributed by atoms with Crippen LogP contribution in [-0.4, -0.2) is 41.4 Å². The van der Waals surface area contributed by atoms with Gasteiger partial charge in [0.05, 0.1) is 0 Å². The zero-order valence-corrected chi connectivity index (χ0v) is 27.1. The van der Waals surface area contributed by atoms with E-state index in [1.165, 1.54) is 24.6 Å². The largest absolute Gasteiger partial charge is 0.295 e. The van der Waals surface area contributed by atoms with Crippen LogP contribution in [0.5, 0.6) is 0 Å². The van der Waals surface area contributed by atoms with Crippen LogP contribution in [0.1, 0.15) is 79.2 Å². The number of hydrogen-bond acceptors (Lipinski definition) is 4. The highest BCUT2D eigenvalue weighted by Crippen LogP contribution is 2.70. The molecule has 0 aliphatic heterocycles. The first-order chi connectivity index (χ1) is 19.4. The number of benzene rings is 1. The van der Waals surface area contributed by atoms with E-state index in [0.29, 0.717) is 6.42 Å². The van der Waals surface area contributed by atoms with E-state index in [9.17, 15) is 9.70 Å². The van der Waals surface area contributed by atoms with Gasteiger partial charge < -0.3 is 0 Å². The van der Waals surface area contributed by atoms with Crippen LogP contribution in [0.15, 0.2) is 59.8 Å². The number of nitroso groups, excluding NO2 is 1. The topological polar surface area (TPSA) is 49.7 Å². The fourth-order valence-electron chi connectivity index (χ4n) is 8.90. The normalized spacial score (nSPS) is 38.1. The highest BCUT2D eigenvalue weighted by atomic mass is 31.0. The summed E-state index contributed by atoms with van der Waals surface area (Å²) in [5.74, 6) is -0.650. The Morgan fingerprint density at radius 2 is 1.80 bits per heavy atom. The summed E-state index contributed by atoms with van der Waals surface area (Å²) in [6.45, 7) is 17.3. The lowest BCUT2D eigenvalue weighted by molar-refractivity contribution is -0.167. The molecule has 0 N–H and O–H groups in total. The number of nitrogens with zero attached hydrogens (tertiary/aromatic N) is 2. The minimum atomic E-state index is -2.00. The molecule has 4 rings (SSSR count). The molecule has 1 aromatic carbocycles. The average Bonchev–Trinajstić information content (AvgIpc) is 3.21. The van der Waals surface area contributed by atoms with Gasteiger partial charge in [-0.3, -0.25) is 9.46 Å². The van der Waals surface area contributed by atoms with Gasteiger partial charge >= 0.3 is 0 Å². The zero-order chi connectivity index (χ0) is 30.6. The van der Waals surface area contributed by atoms with Crippen LogP contribution >= 0.6 is 9.39 Å². The number of ketones is 1. The van der Waals surface area contributed by atoms with Crippen molar-refractivity contribution in [1.29, 1.82) is 0 Å². The van der Waals surface area contributed by atoms with Gasteiger partial charge in [0.2, 0.25) is 0 Å². The second-order valence-corrected chi connectivity index (χ2v) is 13.8. The number of carbonyl (C=O) groups is 1. The Hall–Kier alpha value is -1.78. The summed E-state index contributed by atoms with van der Waals surface area (Å²) in [5.41, 5.74) is -1.31. The van der Waals surface area contributed by atoms with Crippen LogP contribution in [0.2, 0.25) is 0 Å². The highest BCUT2D eigenvalue weighted by Gasteiger charge is 2.72. The van der Waals surface area contributed by atoms with Gasteiger partial charge in [0, 0.05) is 24.4 Å². The molecule has 0 saturated heterocycles. The number of carbonyl (C=O) groups excluding carboxylic acids is 1. The fourth-order valence-corrected chi connectivity index (χ4v) is 9.36. The molecule has 4 nitrogen and oxygen atoms in total. The van der Waals surface area contributed by atoms with Crippen LogP contribution in [0, 0.1) is 39.4 Å². The smallest absolute Gasteiger partial charge is 0.152 e. The number of rotatable bonds is 10. The molecule has 228 valence electrons. The third kappa shape index (κ3) is 6.59. The molecule has 0 heterocycles. The Kier molecular flexibility index (Phi) is 11.2. The van der Waals surface area contributed by atoms with Crippen LogP contribution in [0.4, 0.5) is 8.78 Å². The van der Waals surface area contributed by atoms with Crippen molar-refractivity contribution in [3.8, 4) is 0 Å². The van der Waals surface area contributed by atoms with Gasteiger partial charge in [-0.05, 0) is 87.2 Å². The highest BCUT2D eigenvalue weighted by molar-refractivity contribution is 7.13. The Labute approximate surface area is 249 Å². The maximum absolute atomic E-state index is 17.5. The van der Waals surface area contributed by atoms with E-state index in [4.69, 9.17) is 0 Å². The third-order valence-electron chi connectivity index (χ3n) is 10.3. The molecule has 10 atom stereocenters. The quantitative estimate of drug-likeness (QED) is 0.119. The molecular formula is C34H51F2N2O2P. The third-order valence-corrected chi connectivity index (χ3v) is 10.8. The van der Waals surface area contributed by atoms with Gasteiger partial charge in [0.15, 0.2) is 5.78 Å². The van der Waals surface area contributed by atoms with Crippen molar-refractivity contribution in [3.63, 3.8) is 0 Å². The van der Waals surface area contributed by atoms with Crippen molar-refractivity contribution in [1.82, 2.24) is 4.67 Å². The molecule has 3 fully saturated rings. The van der Waals surface area contributed by atoms with Crippen LogP contribution < -0.4 is 0 Å². The van der Waals surface area contributed by atoms with Crippen LogP contribution in [0.25, 0.3) is 0 Å². The first kappa shape index (κ1) is 33.7. The molecule has 3 aliphatic rings. The second kappa shape index (κ2) is 13.7. The Morgan fingerprint density at radius 1 is 1.15 bits per heavy atom. The van der Waals surface area contributed by atoms with E-state index >= 15 is 8.78 Å². The number of alkyl halides is 2. The van der Waals surface area contributed by atoms with Gasteiger partial charge in [0.1, 0.15) is 17.9 Å². The summed E-state index contributed by atoms with van der Waals surface area (Å²) < 4.78 is 35.2. The van der Waals surface area contributed by atoms with Crippen molar-refractivity contribution < 1.29 is 13.6 Å². The Balaban J connectivity index is 0.00000226. The van der Waals surface area contributed by atoms with E-state index in [1.807, 2.05) is 26.8 Å². The summed E-state index contributed by atoms with van der Waals surface area (Å²) in [7, 11) is 2.87. The molecule has 41 heavy (non-hydrogen) atoms. The summed E-state index contributed by atoms with van der Waals surface area (Å²) in [6, 6.07) is 9.35. The molecule has 1 aromatic rings. The predicted octanol–water partition coefficient (Wildman–Crippen LogP) is 8.72. The number of allylic oxidation sites excluding steroid dienone is 3. The first-order valence-corrected chi connectivity index (χ1v) is 15.9. The monoisotopic (exact) mass is 588 g/mol. The number of halogens is 2. The Bertz CT molecular complexity index is 1100. The summed E-state index contributed by atoms with van der Waals surface area (Å²) in [5, 5.41) is 3.40. The summed E-state index contributed by atoms with van der Waals surface area (Å²) >= 11 is 0. The van der Waals surface area contributed by atoms with E-state index < -0.39 is 34.6 Å². The minimum Gasteiger partial charge on any atom is -0.295 e. The van der Waals surface area contributed by atoms with Crippen molar-refractivity contribution in [3.05, 3.63) is 65.1 Å². The average molecular weight is 589 g/mol. The molecule has 3 saturated carbocycles. The molecule has 0 aromatic heterocycles. The summed E-state index contributed by atoms with van der Waals surface area (Å²) in [6.07, 6.45) is 4.80. The summed E-state index contributed by atoms with van der Waals surface area (Å²) in [4.78, 5) is 24.1. The van der Waals surface area contributed by atoms with Gasteiger partial charge in [0.25, 0.3) is 0 Å². The molecule has 6 unspecified atom stereocenters. The number of aryl methyl sites for hydroxylation is 1. The molecule has 7 heteroatoms. The van der Waals surface area contributed by atoms with Crippen molar-refractivity contribution >= 4 is 15.2 Å². The van der Waals surface area contributed by atoms with Crippen LogP contribution in [-0.2, 0) is 11.2 Å². The molecule has 0 radical (unpaired) electrons. The van der Waals surface area contributed by atoms with Crippen molar-refractivity contribution in [2.45, 2.75) is 97.9 Å². The lowest BCUT2D eigenvalue weighted by Crippen LogP contribution is -2.66. The lowest BCUT2D eigenvalue weighted by Gasteiger charge is -2.61. The van der Waals surface area contributed by atoms with E-state index in [1.54, 1.807) is 6.92 Å². The molecule has 0 amide bonds. The van der Waals surface area contributed by atoms with Crippen LogP contribution in [0.3, 0.4) is 0 Å². The first-order valence-electron chi connectivity index (χ1n) is 15.4. The number of fused-ring (bicyclic) bond motifs is 3. The van der Waals surface area contributed by atoms with Crippen molar-refractivity contribution in [2.24, 2.45) is 39.7 Å². The van der Waals surface area contributed by atoms with Crippen molar-refractivity contribution in [2.75, 3.05) is 13.1 Å². The standard InChI is InChI=1S/C32H45F2N2O2P.C2H6/c1-21(2)29-24(20-36(39)15-9-12-23-10-7-6-8-11-23)16-26-27-17-25(33)18-30(4,14-13-22(3)37)32(27,34)28(35-38)19-31(26,29)5;1-2/h6-8,10-11,13-14,24-29H,1,9,12,15-20,39H2,2-5H3;1-2H3/b14-13-;/t24-,25-,26?,27?,28?,29?,30-,31?,32-;/m0./s1. The van der Waals surface area contributed by atoms with Gasteiger partial charge in [-0.2, -0.15) is 4.91 Å². The maximum Gasteiger partial charge on any atom is 0.152 e. The van der Waals surface area contributed by atoms with E-state index in [-0.39, 0.29) is 36.4 Å². The second-order valence-electron chi connectivity index (χ2n) is 13.1. The van der Waals surface area contributed by atoms with Gasteiger partial charge in [-0.15, -0.1) is 0 Å². The van der Waals surface area contributed by atoms with E-state index in [2.05, 4.69) is 57.0 Å². The predicted molar refractivity (Wildman–Crippen MR) is 169 cm³/mol. The SMILES string of the molecule is C=C(C)C1[C@H](CN(P)CCCc2ccccc2)CC2C3C[C@H](F)C[C@](C)(/C=C\C(C)=O)[C@@]3(F)C(N=O)CC21C.CC. The Morgan fingerprint density at radius 3 is 2.39 bits per heavy atom. The van der Waals surface area contributed by atoms with Gasteiger partial charge in [-0.1, -0.05) is 90.8 Å².